The number of carbonyl (C=O) groups excluding carboxylic acids is 2. The molecule has 6 heteroatoms. The smallest absolute Gasteiger partial charge is 0.337 e. The van der Waals surface area contributed by atoms with Gasteiger partial charge in [-0.15, -0.1) is 0 Å². The number of thiazole rings is 1. The van der Waals surface area contributed by atoms with Gasteiger partial charge in [0.1, 0.15) is 0 Å². The zero-order valence-corrected chi connectivity index (χ0v) is 13.5. The van der Waals surface area contributed by atoms with Gasteiger partial charge in [0.05, 0.1) is 22.9 Å². The predicted octanol–water partition coefficient (Wildman–Crippen LogP) is 2.77. The summed E-state index contributed by atoms with van der Waals surface area (Å²) in [6, 6.07) is 14.1. The Labute approximate surface area is 136 Å². The Bertz CT molecular complexity index is 952. The fraction of sp³-hybridized carbons (Fsp3) is 0.118. The number of aromatic nitrogens is 1. The molecule has 0 N–H and O–H groups in total. The van der Waals surface area contributed by atoms with E-state index < -0.39 is 5.97 Å². The van der Waals surface area contributed by atoms with Gasteiger partial charge in [-0.1, -0.05) is 23.5 Å². The van der Waals surface area contributed by atoms with E-state index in [1.807, 2.05) is 35.9 Å². The van der Waals surface area contributed by atoms with Crippen molar-refractivity contribution in [1.29, 1.82) is 0 Å². The molecular formula is C17H14N2O3S. The van der Waals surface area contributed by atoms with Gasteiger partial charge in [-0.05, 0) is 36.4 Å². The highest BCUT2D eigenvalue weighted by molar-refractivity contribution is 7.16. The highest BCUT2D eigenvalue weighted by Gasteiger charge is 2.09. The van der Waals surface area contributed by atoms with Gasteiger partial charge in [0, 0.05) is 12.6 Å². The zero-order chi connectivity index (χ0) is 16.4. The number of amides is 1. The number of fused-ring (bicyclic) bond motifs is 1. The number of hydrogen-bond donors (Lipinski definition) is 0. The molecular weight excluding hydrogens is 312 g/mol. The molecule has 0 aliphatic carbocycles. The van der Waals surface area contributed by atoms with E-state index in [0.717, 1.165) is 10.2 Å². The first-order chi connectivity index (χ1) is 11.1. The maximum atomic E-state index is 12.3. The summed E-state index contributed by atoms with van der Waals surface area (Å²) in [5.41, 5.74) is 1.86. The minimum Gasteiger partial charge on any atom is -0.465 e. The van der Waals surface area contributed by atoms with Crippen molar-refractivity contribution < 1.29 is 14.3 Å². The summed E-state index contributed by atoms with van der Waals surface area (Å²) >= 11 is 1.46. The van der Waals surface area contributed by atoms with E-state index >= 15 is 0 Å². The Morgan fingerprint density at radius 3 is 2.35 bits per heavy atom. The molecule has 0 saturated carbocycles. The van der Waals surface area contributed by atoms with Crippen LogP contribution in [0.4, 0.5) is 0 Å². The van der Waals surface area contributed by atoms with Crippen LogP contribution in [-0.4, -0.2) is 23.6 Å². The highest BCUT2D eigenvalue weighted by atomic mass is 32.1. The van der Waals surface area contributed by atoms with Gasteiger partial charge < -0.3 is 9.30 Å². The lowest BCUT2D eigenvalue weighted by Crippen LogP contribution is -2.13. The van der Waals surface area contributed by atoms with Crippen LogP contribution in [0.2, 0.25) is 0 Å². The number of hydrogen-bond acceptors (Lipinski definition) is 4. The van der Waals surface area contributed by atoms with E-state index in [4.69, 9.17) is 0 Å². The molecule has 23 heavy (non-hydrogen) atoms. The number of aryl methyl sites for hydroxylation is 1. The second-order valence-corrected chi connectivity index (χ2v) is 5.91. The van der Waals surface area contributed by atoms with Crippen molar-refractivity contribution in [2.75, 3.05) is 7.11 Å². The molecule has 1 aromatic heterocycles. The molecule has 1 heterocycles. The molecule has 0 aliphatic rings. The predicted molar refractivity (Wildman–Crippen MR) is 88.5 cm³/mol. The van der Waals surface area contributed by atoms with Crippen LogP contribution >= 0.6 is 11.3 Å². The zero-order valence-electron chi connectivity index (χ0n) is 12.6. The Morgan fingerprint density at radius 2 is 1.70 bits per heavy atom. The first kappa shape index (κ1) is 15.2. The lowest BCUT2D eigenvalue weighted by Gasteiger charge is -2.00. The van der Waals surface area contributed by atoms with E-state index in [1.165, 1.54) is 18.4 Å². The van der Waals surface area contributed by atoms with Crippen molar-refractivity contribution in [2.45, 2.75) is 0 Å². The molecule has 0 bridgehead atoms. The number of nitrogens with zero attached hydrogens (tertiary/aromatic N) is 2. The van der Waals surface area contributed by atoms with E-state index in [9.17, 15) is 9.59 Å². The topological polar surface area (TPSA) is 60.7 Å². The minimum atomic E-state index is -0.433. The van der Waals surface area contributed by atoms with Crippen molar-refractivity contribution in [3.05, 3.63) is 64.5 Å². The van der Waals surface area contributed by atoms with Crippen molar-refractivity contribution in [3.8, 4) is 0 Å². The van der Waals surface area contributed by atoms with Gasteiger partial charge in [0.15, 0.2) is 4.80 Å². The number of carbonyl (C=O) groups is 2. The molecule has 0 radical (unpaired) electrons. The van der Waals surface area contributed by atoms with Crippen molar-refractivity contribution >= 4 is 33.4 Å². The number of esters is 1. The average Bonchev–Trinajstić information content (AvgIpc) is 2.90. The van der Waals surface area contributed by atoms with E-state index in [-0.39, 0.29) is 5.91 Å². The van der Waals surface area contributed by atoms with Gasteiger partial charge in [-0.3, -0.25) is 4.79 Å². The fourth-order valence-electron chi connectivity index (χ4n) is 2.21. The molecule has 0 unspecified atom stereocenters. The largest absolute Gasteiger partial charge is 0.465 e. The Kier molecular flexibility index (Phi) is 4.08. The van der Waals surface area contributed by atoms with Crippen LogP contribution in [-0.2, 0) is 11.8 Å². The van der Waals surface area contributed by atoms with E-state index in [2.05, 4.69) is 9.73 Å². The van der Waals surface area contributed by atoms with Crippen LogP contribution in [0, 0.1) is 0 Å². The molecule has 3 aromatic rings. The number of rotatable bonds is 2. The Balaban J connectivity index is 1.96. The van der Waals surface area contributed by atoms with Crippen molar-refractivity contribution in [1.82, 2.24) is 4.57 Å². The normalized spacial score (nSPS) is 11.7. The van der Waals surface area contributed by atoms with Gasteiger partial charge in [0.25, 0.3) is 5.91 Å². The van der Waals surface area contributed by atoms with Crippen LogP contribution in [0.15, 0.2) is 53.5 Å². The van der Waals surface area contributed by atoms with Crippen molar-refractivity contribution in [3.63, 3.8) is 0 Å². The second-order valence-electron chi connectivity index (χ2n) is 4.90. The summed E-state index contributed by atoms with van der Waals surface area (Å²) in [6.45, 7) is 0. The fourth-order valence-corrected chi connectivity index (χ4v) is 3.22. The summed E-state index contributed by atoms with van der Waals surface area (Å²) in [4.78, 5) is 28.5. The van der Waals surface area contributed by atoms with Gasteiger partial charge in [-0.2, -0.15) is 4.99 Å². The van der Waals surface area contributed by atoms with Gasteiger partial charge in [0.2, 0.25) is 0 Å². The first-order valence-corrected chi connectivity index (χ1v) is 7.74. The molecule has 0 fully saturated rings. The number of methoxy groups -OCH3 is 1. The highest BCUT2D eigenvalue weighted by Crippen LogP contribution is 2.15. The molecule has 0 spiro atoms. The minimum absolute atomic E-state index is 0.344. The van der Waals surface area contributed by atoms with Gasteiger partial charge in [-0.25, -0.2) is 4.79 Å². The van der Waals surface area contributed by atoms with Crippen LogP contribution in [0.1, 0.15) is 20.7 Å². The third kappa shape index (κ3) is 2.93. The summed E-state index contributed by atoms with van der Waals surface area (Å²) in [6.07, 6.45) is 0. The monoisotopic (exact) mass is 326 g/mol. The third-order valence-corrected chi connectivity index (χ3v) is 4.58. The average molecular weight is 326 g/mol. The Morgan fingerprint density at radius 1 is 1.04 bits per heavy atom. The van der Waals surface area contributed by atoms with Gasteiger partial charge >= 0.3 is 5.97 Å². The first-order valence-electron chi connectivity index (χ1n) is 6.92. The lowest BCUT2D eigenvalue weighted by molar-refractivity contribution is 0.0600. The molecule has 0 aliphatic heterocycles. The molecule has 0 atom stereocenters. The van der Waals surface area contributed by atoms with Crippen LogP contribution in [0.5, 0.6) is 0 Å². The number of ether oxygens (including phenoxy) is 1. The number of para-hydroxylation sites is 1. The molecule has 3 rings (SSSR count). The van der Waals surface area contributed by atoms with Crippen LogP contribution in [0.3, 0.4) is 0 Å². The SMILES string of the molecule is COC(=O)c1ccc(C(=O)N=c2sc3ccccc3n2C)cc1. The molecule has 0 saturated heterocycles. The second kappa shape index (κ2) is 6.18. The summed E-state index contributed by atoms with van der Waals surface area (Å²) in [5, 5.41) is 0. The van der Waals surface area contributed by atoms with E-state index in [0.29, 0.717) is 15.9 Å². The maximum Gasteiger partial charge on any atom is 0.337 e. The molecule has 1 amide bonds. The van der Waals surface area contributed by atoms with Crippen LogP contribution in [0.25, 0.3) is 10.2 Å². The van der Waals surface area contributed by atoms with Crippen molar-refractivity contribution in [2.24, 2.45) is 12.0 Å². The lowest BCUT2D eigenvalue weighted by atomic mass is 10.1. The quantitative estimate of drug-likeness (QED) is 0.680. The summed E-state index contributed by atoms with van der Waals surface area (Å²) in [5.74, 6) is -0.777. The maximum absolute atomic E-state index is 12.3. The number of benzene rings is 2. The molecule has 2 aromatic carbocycles. The Hall–Kier alpha value is -2.73. The van der Waals surface area contributed by atoms with E-state index in [1.54, 1.807) is 24.3 Å². The summed E-state index contributed by atoms with van der Waals surface area (Å²) < 4.78 is 7.59. The molecule has 116 valence electrons. The summed E-state index contributed by atoms with van der Waals surface area (Å²) in [7, 11) is 3.20. The third-order valence-electron chi connectivity index (χ3n) is 3.46. The molecule has 5 nitrogen and oxygen atoms in total. The van der Waals surface area contributed by atoms with Crippen LogP contribution < -0.4 is 4.80 Å². The standard InChI is InChI=1S/C17H14N2O3S/c1-19-13-5-3-4-6-14(13)23-17(19)18-15(20)11-7-9-12(10-8-11)16(21)22-2/h3-10H,1-2H3.